The second-order valence-electron chi connectivity index (χ2n) is 4.57. The zero-order valence-corrected chi connectivity index (χ0v) is 11.8. The number of benzene rings is 2. The van der Waals surface area contributed by atoms with Crippen LogP contribution in [0.3, 0.4) is 0 Å². The van der Waals surface area contributed by atoms with E-state index in [1.165, 1.54) is 12.1 Å². The Morgan fingerprint density at radius 1 is 1.25 bits per heavy atom. The first kappa shape index (κ1) is 14.5. The molecule has 2 nitrogen and oxygen atoms in total. The Morgan fingerprint density at radius 2 is 1.95 bits per heavy atom. The summed E-state index contributed by atoms with van der Waals surface area (Å²) in [5.41, 5.74) is 2.03. The number of hydrogen-bond donors (Lipinski definition) is 1. The summed E-state index contributed by atoms with van der Waals surface area (Å²) >= 11 is 5.84. The minimum atomic E-state index is -0.306. The fourth-order valence-electron chi connectivity index (χ4n) is 1.91. The molecule has 0 radical (unpaired) electrons. The van der Waals surface area contributed by atoms with Crippen molar-refractivity contribution in [1.82, 2.24) is 5.32 Å². The summed E-state index contributed by atoms with van der Waals surface area (Å²) in [6.45, 7) is 2.36. The molecule has 0 spiro atoms. The van der Waals surface area contributed by atoms with Crippen molar-refractivity contribution in [3.63, 3.8) is 0 Å². The smallest absolute Gasteiger partial charge is 0.127 e. The first-order valence-electron chi connectivity index (χ1n) is 6.27. The molecule has 2 aromatic rings. The number of nitriles is 1. The van der Waals surface area contributed by atoms with Crippen LogP contribution in [0, 0.1) is 17.1 Å². The molecule has 4 heteroatoms. The Labute approximate surface area is 122 Å². The number of halogens is 2. The van der Waals surface area contributed by atoms with E-state index in [2.05, 4.69) is 5.32 Å². The van der Waals surface area contributed by atoms with Crippen molar-refractivity contribution < 1.29 is 4.39 Å². The van der Waals surface area contributed by atoms with Crippen molar-refractivity contribution in [2.75, 3.05) is 0 Å². The number of nitrogens with zero attached hydrogens (tertiary/aromatic N) is 1. The molecule has 1 atom stereocenters. The number of nitrogens with one attached hydrogen (secondary N) is 1. The van der Waals surface area contributed by atoms with Crippen molar-refractivity contribution in [1.29, 1.82) is 5.26 Å². The molecule has 2 rings (SSSR count). The summed E-state index contributed by atoms with van der Waals surface area (Å²) in [6.07, 6.45) is 0. The normalized spacial score (nSPS) is 11.9. The van der Waals surface area contributed by atoms with E-state index in [4.69, 9.17) is 16.9 Å². The maximum atomic E-state index is 13.6. The van der Waals surface area contributed by atoms with E-state index in [9.17, 15) is 4.39 Å². The van der Waals surface area contributed by atoms with Gasteiger partial charge < -0.3 is 5.32 Å². The fraction of sp³-hybridized carbons (Fsp3) is 0.188. The Balaban J connectivity index is 2.05. The van der Waals surface area contributed by atoms with Crippen LogP contribution in [0.5, 0.6) is 0 Å². The highest BCUT2D eigenvalue weighted by Crippen LogP contribution is 2.17. The minimum absolute atomic E-state index is 0.0670. The van der Waals surface area contributed by atoms with Crippen molar-refractivity contribution in [2.24, 2.45) is 0 Å². The van der Waals surface area contributed by atoms with Crippen LogP contribution in [0.15, 0.2) is 42.5 Å². The summed E-state index contributed by atoms with van der Waals surface area (Å²) in [5.74, 6) is -0.306. The van der Waals surface area contributed by atoms with Gasteiger partial charge in [0, 0.05) is 23.2 Å². The van der Waals surface area contributed by atoms with E-state index < -0.39 is 0 Å². The summed E-state index contributed by atoms with van der Waals surface area (Å²) < 4.78 is 13.6. The summed E-state index contributed by atoms with van der Waals surface area (Å²) in [7, 11) is 0. The molecule has 20 heavy (non-hydrogen) atoms. The molecule has 0 aliphatic heterocycles. The molecule has 102 valence electrons. The predicted molar refractivity (Wildman–Crippen MR) is 77.8 cm³/mol. The van der Waals surface area contributed by atoms with Gasteiger partial charge in [0.1, 0.15) is 5.82 Å². The van der Waals surface area contributed by atoms with E-state index in [-0.39, 0.29) is 11.9 Å². The minimum Gasteiger partial charge on any atom is -0.306 e. The number of rotatable bonds is 4. The van der Waals surface area contributed by atoms with Gasteiger partial charge in [0.05, 0.1) is 11.6 Å². The molecule has 0 aromatic heterocycles. The van der Waals surface area contributed by atoms with Crippen LogP contribution in [-0.2, 0) is 6.54 Å². The quantitative estimate of drug-likeness (QED) is 0.915. The molecule has 0 saturated carbocycles. The second-order valence-corrected chi connectivity index (χ2v) is 5.01. The molecule has 0 aliphatic rings. The van der Waals surface area contributed by atoms with Crippen molar-refractivity contribution in [3.05, 3.63) is 70.0 Å². The summed E-state index contributed by atoms with van der Waals surface area (Å²) in [4.78, 5) is 0. The monoisotopic (exact) mass is 288 g/mol. The molecule has 0 bridgehead atoms. The van der Waals surface area contributed by atoms with E-state index >= 15 is 0 Å². The third-order valence-corrected chi connectivity index (χ3v) is 3.40. The lowest BCUT2D eigenvalue weighted by molar-refractivity contribution is 0.544. The third kappa shape index (κ3) is 3.57. The van der Waals surface area contributed by atoms with Gasteiger partial charge in [-0.3, -0.25) is 0 Å². The standard InChI is InChI=1S/C16H14ClFN2/c1-11(13-3-5-15(17)6-4-13)20-10-14-8-12(9-19)2-7-16(14)18/h2-8,11,20H,10H2,1H3. The highest BCUT2D eigenvalue weighted by Gasteiger charge is 2.08. The maximum absolute atomic E-state index is 13.6. The number of hydrogen-bond acceptors (Lipinski definition) is 2. The Hall–Kier alpha value is -1.89. The van der Waals surface area contributed by atoms with Gasteiger partial charge in [0.2, 0.25) is 0 Å². The molecule has 1 N–H and O–H groups in total. The molecule has 2 aromatic carbocycles. The van der Waals surface area contributed by atoms with E-state index in [0.717, 1.165) is 5.56 Å². The lowest BCUT2D eigenvalue weighted by Gasteiger charge is -2.15. The zero-order chi connectivity index (χ0) is 14.5. The van der Waals surface area contributed by atoms with Crippen molar-refractivity contribution in [2.45, 2.75) is 19.5 Å². The summed E-state index contributed by atoms with van der Waals surface area (Å²) in [5, 5.41) is 12.8. The van der Waals surface area contributed by atoms with Crippen LogP contribution in [0.25, 0.3) is 0 Å². The SMILES string of the molecule is CC(NCc1cc(C#N)ccc1F)c1ccc(Cl)cc1. The average Bonchev–Trinajstić information content (AvgIpc) is 2.47. The molecular weight excluding hydrogens is 275 g/mol. The molecule has 0 saturated heterocycles. The lowest BCUT2D eigenvalue weighted by atomic mass is 10.1. The topological polar surface area (TPSA) is 35.8 Å². The average molecular weight is 289 g/mol. The van der Waals surface area contributed by atoms with Crippen LogP contribution in [0.1, 0.15) is 29.7 Å². The van der Waals surface area contributed by atoms with Crippen LogP contribution >= 0.6 is 11.6 Å². The van der Waals surface area contributed by atoms with Gasteiger partial charge in [0.25, 0.3) is 0 Å². The van der Waals surface area contributed by atoms with Crippen LogP contribution in [0.2, 0.25) is 5.02 Å². The Kier molecular flexibility index (Phi) is 4.73. The lowest BCUT2D eigenvalue weighted by Crippen LogP contribution is -2.18. The van der Waals surface area contributed by atoms with Crippen molar-refractivity contribution in [3.8, 4) is 6.07 Å². The first-order chi connectivity index (χ1) is 9.60. The largest absolute Gasteiger partial charge is 0.306 e. The Bertz CT molecular complexity index is 632. The maximum Gasteiger partial charge on any atom is 0.127 e. The van der Waals surface area contributed by atoms with Gasteiger partial charge >= 0.3 is 0 Å². The van der Waals surface area contributed by atoms with Crippen molar-refractivity contribution >= 4 is 11.6 Å². The molecule has 0 aliphatic carbocycles. The fourth-order valence-corrected chi connectivity index (χ4v) is 2.04. The molecule has 0 heterocycles. The second kappa shape index (κ2) is 6.51. The van der Waals surface area contributed by atoms with Gasteiger partial charge in [-0.05, 0) is 42.8 Å². The Morgan fingerprint density at radius 3 is 2.60 bits per heavy atom. The van der Waals surface area contributed by atoms with Crippen LogP contribution < -0.4 is 5.32 Å². The van der Waals surface area contributed by atoms with Crippen LogP contribution in [0.4, 0.5) is 4.39 Å². The van der Waals surface area contributed by atoms with Gasteiger partial charge in [0.15, 0.2) is 0 Å². The van der Waals surface area contributed by atoms with E-state index in [1.807, 2.05) is 37.3 Å². The molecule has 0 fully saturated rings. The molecular formula is C16H14ClFN2. The predicted octanol–water partition coefficient (Wildman–Crippen LogP) is 4.20. The first-order valence-corrected chi connectivity index (χ1v) is 6.65. The van der Waals surface area contributed by atoms with Gasteiger partial charge in [-0.25, -0.2) is 4.39 Å². The summed E-state index contributed by atoms with van der Waals surface area (Å²) in [6, 6.07) is 14.0. The highest BCUT2D eigenvalue weighted by molar-refractivity contribution is 6.30. The molecule has 0 amide bonds. The van der Waals surface area contributed by atoms with Gasteiger partial charge in [-0.1, -0.05) is 23.7 Å². The molecule has 1 unspecified atom stereocenters. The zero-order valence-electron chi connectivity index (χ0n) is 11.0. The van der Waals surface area contributed by atoms with Gasteiger partial charge in [-0.15, -0.1) is 0 Å². The van der Waals surface area contributed by atoms with Gasteiger partial charge in [-0.2, -0.15) is 5.26 Å². The van der Waals surface area contributed by atoms with Crippen LogP contribution in [-0.4, -0.2) is 0 Å². The highest BCUT2D eigenvalue weighted by atomic mass is 35.5. The third-order valence-electron chi connectivity index (χ3n) is 3.14. The van der Waals surface area contributed by atoms with E-state index in [1.54, 1.807) is 6.07 Å². The van der Waals surface area contributed by atoms with E-state index in [0.29, 0.717) is 22.7 Å².